The second kappa shape index (κ2) is 7.86. The molecule has 102 valence electrons. The van der Waals surface area contributed by atoms with Crippen molar-refractivity contribution in [2.24, 2.45) is 0 Å². The molecule has 0 heterocycles. The van der Waals surface area contributed by atoms with Crippen LogP contribution in [0.25, 0.3) is 0 Å². The number of rotatable bonds is 4. The summed E-state index contributed by atoms with van der Waals surface area (Å²) in [6.07, 6.45) is 0. The van der Waals surface area contributed by atoms with E-state index in [1.165, 1.54) is 0 Å². The van der Waals surface area contributed by atoms with Gasteiger partial charge in [-0.25, -0.2) is 0 Å². The van der Waals surface area contributed by atoms with Crippen LogP contribution in [-0.4, -0.2) is 35.0 Å². The fourth-order valence-corrected chi connectivity index (χ4v) is 4.74. The molecule has 0 spiro atoms. The highest BCUT2D eigenvalue weighted by Crippen LogP contribution is 2.07. The standard InChI is InChI=1S/C14H16O2Si.CH4O/c1-15-17(16-2,13-9-5-3-6-10-13)14-11-7-4-8-12-14;1-2/h3-12H,1-2H3;2H,1H3. The Morgan fingerprint density at radius 1 is 0.684 bits per heavy atom. The molecule has 0 radical (unpaired) electrons. The summed E-state index contributed by atoms with van der Waals surface area (Å²) >= 11 is 0. The van der Waals surface area contributed by atoms with E-state index >= 15 is 0 Å². The molecule has 0 aliphatic rings. The lowest BCUT2D eigenvalue weighted by Crippen LogP contribution is -2.62. The number of aliphatic hydroxyl groups is 1. The van der Waals surface area contributed by atoms with E-state index in [1.54, 1.807) is 14.2 Å². The van der Waals surface area contributed by atoms with Crippen molar-refractivity contribution in [2.45, 2.75) is 0 Å². The minimum absolute atomic E-state index is 1.00. The largest absolute Gasteiger partial charge is 0.406 e. The first-order chi connectivity index (χ1) is 9.33. The smallest absolute Gasteiger partial charge is 0.400 e. The van der Waals surface area contributed by atoms with Gasteiger partial charge < -0.3 is 14.0 Å². The minimum Gasteiger partial charge on any atom is -0.400 e. The lowest BCUT2D eigenvalue weighted by atomic mass is 10.4. The molecule has 0 unspecified atom stereocenters. The Morgan fingerprint density at radius 3 is 1.26 bits per heavy atom. The van der Waals surface area contributed by atoms with Gasteiger partial charge in [-0.1, -0.05) is 60.7 Å². The van der Waals surface area contributed by atoms with Crippen LogP contribution in [0, 0.1) is 0 Å². The van der Waals surface area contributed by atoms with Crippen LogP contribution in [0.5, 0.6) is 0 Å². The van der Waals surface area contributed by atoms with E-state index in [9.17, 15) is 0 Å². The van der Waals surface area contributed by atoms with E-state index in [-0.39, 0.29) is 0 Å². The molecule has 3 nitrogen and oxygen atoms in total. The van der Waals surface area contributed by atoms with Crippen LogP contribution in [0.3, 0.4) is 0 Å². The van der Waals surface area contributed by atoms with E-state index in [1.807, 2.05) is 36.4 Å². The van der Waals surface area contributed by atoms with Crippen LogP contribution in [0.1, 0.15) is 0 Å². The van der Waals surface area contributed by atoms with Gasteiger partial charge in [0.2, 0.25) is 0 Å². The number of aliphatic hydroxyl groups excluding tert-OH is 1. The Hall–Kier alpha value is -1.46. The monoisotopic (exact) mass is 276 g/mol. The van der Waals surface area contributed by atoms with Gasteiger partial charge >= 0.3 is 8.56 Å². The highest BCUT2D eigenvalue weighted by molar-refractivity contribution is 6.92. The molecule has 2 rings (SSSR count). The third-order valence-corrected chi connectivity index (χ3v) is 6.22. The Kier molecular flexibility index (Phi) is 6.45. The average molecular weight is 276 g/mol. The quantitative estimate of drug-likeness (QED) is 0.851. The third-order valence-electron chi connectivity index (χ3n) is 2.88. The van der Waals surface area contributed by atoms with Crippen molar-refractivity contribution in [3.8, 4) is 0 Å². The van der Waals surface area contributed by atoms with Gasteiger partial charge in [0.25, 0.3) is 0 Å². The Morgan fingerprint density at radius 2 is 1.00 bits per heavy atom. The summed E-state index contributed by atoms with van der Waals surface area (Å²) in [4.78, 5) is 0. The van der Waals surface area contributed by atoms with Crippen LogP contribution in [0.15, 0.2) is 60.7 Å². The van der Waals surface area contributed by atoms with Crippen molar-refractivity contribution in [1.82, 2.24) is 0 Å². The summed E-state index contributed by atoms with van der Waals surface area (Å²) in [5, 5.41) is 9.24. The number of hydrogen-bond donors (Lipinski definition) is 1. The summed E-state index contributed by atoms with van der Waals surface area (Å²) in [7, 11) is 1.94. The predicted octanol–water partition coefficient (Wildman–Crippen LogP) is 1.14. The van der Waals surface area contributed by atoms with Gasteiger partial charge in [-0.05, 0) is 10.4 Å². The van der Waals surface area contributed by atoms with E-state index in [4.69, 9.17) is 14.0 Å². The van der Waals surface area contributed by atoms with Crippen molar-refractivity contribution in [2.75, 3.05) is 21.3 Å². The second-order valence-corrected chi connectivity index (χ2v) is 6.96. The van der Waals surface area contributed by atoms with Crippen LogP contribution in [0.2, 0.25) is 0 Å². The third kappa shape index (κ3) is 3.30. The van der Waals surface area contributed by atoms with Crippen molar-refractivity contribution >= 4 is 18.9 Å². The maximum absolute atomic E-state index is 7.00. The zero-order chi connectivity index (χ0) is 14.1. The van der Waals surface area contributed by atoms with E-state index < -0.39 is 8.56 Å². The minimum atomic E-state index is -2.50. The fourth-order valence-electron chi connectivity index (χ4n) is 2.04. The number of benzene rings is 2. The van der Waals surface area contributed by atoms with Gasteiger partial charge in [-0.2, -0.15) is 0 Å². The molecular formula is C15H20O3Si. The van der Waals surface area contributed by atoms with E-state index in [0.29, 0.717) is 0 Å². The maximum atomic E-state index is 7.00. The summed E-state index contributed by atoms with van der Waals surface area (Å²) < 4.78 is 11.6. The van der Waals surface area contributed by atoms with Crippen LogP contribution >= 0.6 is 0 Å². The summed E-state index contributed by atoms with van der Waals surface area (Å²) in [5.74, 6) is 0. The summed E-state index contributed by atoms with van der Waals surface area (Å²) in [6.45, 7) is 0. The lowest BCUT2D eigenvalue weighted by Gasteiger charge is -2.27. The first-order valence-electron chi connectivity index (χ1n) is 5.99. The first kappa shape index (κ1) is 15.6. The topological polar surface area (TPSA) is 38.7 Å². The molecule has 19 heavy (non-hydrogen) atoms. The Bertz CT molecular complexity index is 414. The Labute approximate surface area is 115 Å². The van der Waals surface area contributed by atoms with Gasteiger partial charge in [0, 0.05) is 21.3 Å². The second-order valence-electron chi connectivity index (χ2n) is 3.76. The van der Waals surface area contributed by atoms with Crippen LogP contribution < -0.4 is 10.4 Å². The summed E-state index contributed by atoms with van der Waals surface area (Å²) in [6, 6.07) is 20.3. The highest BCUT2D eigenvalue weighted by atomic mass is 28.4. The molecule has 0 bridgehead atoms. The zero-order valence-corrected chi connectivity index (χ0v) is 12.5. The van der Waals surface area contributed by atoms with Gasteiger partial charge in [0.15, 0.2) is 0 Å². The molecule has 2 aromatic carbocycles. The molecule has 0 atom stereocenters. The van der Waals surface area contributed by atoms with Gasteiger partial charge in [-0.3, -0.25) is 0 Å². The maximum Gasteiger partial charge on any atom is 0.406 e. The molecule has 1 N–H and O–H groups in total. The molecular weight excluding hydrogens is 256 g/mol. The molecule has 4 heteroatoms. The molecule has 0 aliphatic carbocycles. The molecule has 0 aromatic heterocycles. The average Bonchev–Trinajstić information content (AvgIpc) is 2.53. The normalized spacial score (nSPS) is 10.5. The van der Waals surface area contributed by atoms with Gasteiger partial charge in [0.05, 0.1) is 0 Å². The van der Waals surface area contributed by atoms with E-state index in [0.717, 1.165) is 17.5 Å². The highest BCUT2D eigenvalue weighted by Gasteiger charge is 2.40. The lowest BCUT2D eigenvalue weighted by molar-refractivity contribution is 0.272. The van der Waals surface area contributed by atoms with Crippen molar-refractivity contribution in [3.63, 3.8) is 0 Å². The number of hydrogen-bond acceptors (Lipinski definition) is 3. The van der Waals surface area contributed by atoms with Gasteiger partial charge in [0.1, 0.15) is 0 Å². The SMILES string of the molecule is CO.CO[Si](OC)(c1ccccc1)c1ccccc1. The first-order valence-corrected chi connectivity index (χ1v) is 7.81. The predicted molar refractivity (Wildman–Crippen MR) is 80.1 cm³/mol. The molecule has 0 saturated carbocycles. The van der Waals surface area contributed by atoms with Crippen LogP contribution in [0.4, 0.5) is 0 Å². The van der Waals surface area contributed by atoms with Crippen LogP contribution in [-0.2, 0) is 8.85 Å². The zero-order valence-electron chi connectivity index (χ0n) is 11.5. The van der Waals surface area contributed by atoms with Gasteiger partial charge in [-0.15, -0.1) is 0 Å². The molecule has 0 aliphatic heterocycles. The molecule has 2 aromatic rings. The van der Waals surface area contributed by atoms with E-state index in [2.05, 4.69) is 24.3 Å². The Balaban J connectivity index is 0.000000861. The fraction of sp³-hybridized carbons (Fsp3) is 0.200. The van der Waals surface area contributed by atoms with Crippen molar-refractivity contribution in [3.05, 3.63) is 60.7 Å². The summed E-state index contributed by atoms with van der Waals surface area (Å²) in [5.41, 5.74) is 0. The van der Waals surface area contributed by atoms with Crippen molar-refractivity contribution in [1.29, 1.82) is 0 Å². The molecule has 0 saturated heterocycles. The molecule has 0 fully saturated rings. The van der Waals surface area contributed by atoms with Crippen molar-refractivity contribution < 1.29 is 14.0 Å². The molecule has 0 amide bonds.